The van der Waals surface area contributed by atoms with Crippen LogP contribution >= 0.6 is 0 Å². The summed E-state index contributed by atoms with van der Waals surface area (Å²) in [6, 6.07) is 13.5. The van der Waals surface area contributed by atoms with Crippen LogP contribution in [0.1, 0.15) is 0 Å². The van der Waals surface area contributed by atoms with Crippen LogP contribution in [-0.4, -0.2) is 25.5 Å². The van der Waals surface area contributed by atoms with Crippen molar-refractivity contribution < 1.29 is 27.4 Å². The van der Waals surface area contributed by atoms with E-state index in [1.165, 1.54) is 12.1 Å². The molecule has 0 fully saturated rings. The zero-order chi connectivity index (χ0) is 17.4. The number of carbonyl (C=O) groups is 1. The fourth-order valence-electron chi connectivity index (χ4n) is 1.77. The van der Waals surface area contributed by atoms with Crippen LogP contribution in [0, 0.1) is 0 Å². The largest absolute Gasteiger partial charge is 0.573 e. The van der Waals surface area contributed by atoms with Crippen molar-refractivity contribution in [1.29, 1.82) is 0 Å². The van der Waals surface area contributed by atoms with E-state index >= 15 is 0 Å². The van der Waals surface area contributed by atoms with Crippen LogP contribution in [-0.2, 0) is 0 Å². The molecule has 0 unspecified atom stereocenters. The molecule has 0 heterocycles. The van der Waals surface area contributed by atoms with Crippen LogP contribution in [0.3, 0.4) is 0 Å². The van der Waals surface area contributed by atoms with Crippen molar-refractivity contribution in [2.24, 2.45) is 0 Å². The Bertz CT molecular complexity index is 646. The number of para-hydroxylation sites is 1. The number of nitrogens with one attached hydrogen (secondary N) is 2. The second-order valence-corrected chi connectivity index (χ2v) is 4.61. The number of rotatable bonds is 6. The van der Waals surface area contributed by atoms with Crippen molar-refractivity contribution in [3.63, 3.8) is 0 Å². The van der Waals surface area contributed by atoms with Gasteiger partial charge in [0.2, 0.25) is 0 Å². The number of urea groups is 1. The molecule has 0 radical (unpaired) electrons. The average Bonchev–Trinajstić information content (AvgIpc) is 2.53. The third kappa shape index (κ3) is 6.47. The molecular formula is C16H15F3N2O3. The molecule has 2 aromatic rings. The number of ether oxygens (including phenoxy) is 2. The van der Waals surface area contributed by atoms with Gasteiger partial charge in [-0.15, -0.1) is 13.2 Å². The molecule has 0 saturated carbocycles. The third-order valence-electron chi connectivity index (χ3n) is 2.75. The molecule has 0 bridgehead atoms. The highest BCUT2D eigenvalue weighted by molar-refractivity contribution is 5.89. The molecular weight excluding hydrogens is 325 g/mol. The van der Waals surface area contributed by atoms with Crippen molar-refractivity contribution >= 4 is 11.7 Å². The Labute approximate surface area is 136 Å². The van der Waals surface area contributed by atoms with Gasteiger partial charge in [0.1, 0.15) is 18.1 Å². The summed E-state index contributed by atoms with van der Waals surface area (Å²) in [5, 5.41) is 5.06. The highest BCUT2D eigenvalue weighted by atomic mass is 19.4. The highest BCUT2D eigenvalue weighted by Gasteiger charge is 2.30. The molecule has 128 valence electrons. The van der Waals surface area contributed by atoms with E-state index in [0.717, 1.165) is 12.1 Å². The zero-order valence-corrected chi connectivity index (χ0v) is 12.5. The number of benzene rings is 2. The molecule has 0 atom stereocenters. The first-order valence-electron chi connectivity index (χ1n) is 7.01. The molecule has 2 N–H and O–H groups in total. The molecule has 2 aromatic carbocycles. The summed E-state index contributed by atoms with van der Waals surface area (Å²) in [5.74, 6) is 0.338. The quantitative estimate of drug-likeness (QED) is 0.787. The van der Waals surface area contributed by atoms with Crippen LogP contribution in [0.2, 0.25) is 0 Å². The first kappa shape index (κ1) is 17.5. The van der Waals surface area contributed by atoms with E-state index < -0.39 is 12.4 Å². The van der Waals surface area contributed by atoms with E-state index in [9.17, 15) is 18.0 Å². The Morgan fingerprint density at radius 2 is 1.62 bits per heavy atom. The predicted molar refractivity (Wildman–Crippen MR) is 82.1 cm³/mol. The van der Waals surface area contributed by atoms with E-state index in [1.807, 2.05) is 18.2 Å². The van der Waals surface area contributed by atoms with Crippen molar-refractivity contribution in [3.05, 3.63) is 54.6 Å². The Balaban J connectivity index is 1.70. The van der Waals surface area contributed by atoms with Crippen molar-refractivity contribution in [2.45, 2.75) is 6.36 Å². The maximum Gasteiger partial charge on any atom is 0.573 e. The number of alkyl halides is 3. The molecule has 8 heteroatoms. The lowest BCUT2D eigenvalue weighted by Crippen LogP contribution is -2.32. The number of hydrogen-bond donors (Lipinski definition) is 2. The van der Waals surface area contributed by atoms with Crippen molar-refractivity contribution in [3.8, 4) is 11.5 Å². The Hall–Kier alpha value is -2.90. The summed E-state index contributed by atoms with van der Waals surface area (Å²) in [6.07, 6.45) is -4.74. The van der Waals surface area contributed by atoms with Crippen LogP contribution in [0.4, 0.5) is 23.7 Å². The number of amides is 2. The zero-order valence-electron chi connectivity index (χ0n) is 12.5. The lowest BCUT2D eigenvalue weighted by atomic mass is 10.3. The molecule has 2 rings (SSSR count). The van der Waals surface area contributed by atoms with E-state index in [-0.39, 0.29) is 18.9 Å². The molecule has 0 aliphatic carbocycles. The van der Waals surface area contributed by atoms with Gasteiger partial charge in [0, 0.05) is 5.69 Å². The highest BCUT2D eigenvalue weighted by Crippen LogP contribution is 2.23. The smallest absolute Gasteiger partial charge is 0.492 e. The van der Waals surface area contributed by atoms with Gasteiger partial charge in [-0.1, -0.05) is 18.2 Å². The van der Waals surface area contributed by atoms with Crippen LogP contribution in [0.5, 0.6) is 11.5 Å². The number of halogens is 3. The summed E-state index contributed by atoms with van der Waals surface area (Å²) in [5.41, 5.74) is 0.339. The van der Waals surface area contributed by atoms with E-state index in [2.05, 4.69) is 15.4 Å². The Kier molecular flexibility index (Phi) is 5.89. The maximum atomic E-state index is 12.0. The Morgan fingerprint density at radius 3 is 2.25 bits per heavy atom. The topological polar surface area (TPSA) is 59.6 Å². The van der Waals surface area contributed by atoms with E-state index in [1.54, 1.807) is 12.1 Å². The van der Waals surface area contributed by atoms with Gasteiger partial charge in [0.25, 0.3) is 0 Å². The van der Waals surface area contributed by atoms with E-state index in [0.29, 0.717) is 11.4 Å². The lowest BCUT2D eigenvalue weighted by molar-refractivity contribution is -0.274. The fourth-order valence-corrected chi connectivity index (χ4v) is 1.77. The van der Waals surface area contributed by atoms with Gasteiger partial charge in [-0.2, -0.15) is 0 Å². The number of carbonyl (C=O) groups excluding carboxylic acids is 1. The molecule has 0 spiro atoms. The summed E-state index contributed by atoms with van der Waals surface area (Å²) in [4.78, 5) is 11.6. The number of anilines is 1. The lowest BCUT2D eigenvalue weighted by Gasteiger charge is -2.11. The summed E-state index contributed by atoms with van der Waals surface area (Å²) in [7, 11) is 0. The van der Waals surface area contributed by atoms with Crippen LogP contribution < -0.4 is 20.1 Å². The second kappa shape index (κ2) is 8.09. The van der Waals surface area contributed by atoms with E-state index in [4.69, 9.17) is 4.74 Å². The third-order valence-corrected chi connectivity index (χ3v) is 2.75. The van der Waals surface area contributed by atoms with Gasteiger partial charge in [-0.05, 0) is 36.4 Å². The van der Waals surface area contributed by atoms with Gasteiger partial charge >= 0.3 is 12.4 Å². The normalized spacial score (nSPS) is 10.8. The molecule has 0 aliphatic rings. The van der Waals surface area contributed by atoms with Crippen LogP contribution in [0.15, 0.2) is 54.6 Å². The molecule has 0 saturated heterocycles. The van der Waals surface area contributed by atoms with Crippen molar-refractivity contribution in [1.82, 2.24) is 5.32 Å². The van der Waals surface area contributed by atoms with Gasteiger partial charge in [0.15, 0.2) is 0 Å². The van der Waals surface area contributed by atoms with Crippen LogP contribution in [0.25, 0.3) is 0 Å². The first-order chi connectivity index (χ1) is 11.4. The molecule has 2 amide bonds. The van der Waals surface area contributed by atoms with Gasteiger partial charge in [-0.25, -0.2) is 4.79 Å². The SMILES string of the molecule is O=C(NCCOc1ccccc1)Nc1ccc(OC(F)(F)F)cc1. The summed E-state index contributed by atoms with van der Waals surface area (Å²) in [6.45, 7) is 0.561. The fraction of sp³-hybridized carbons (Fsp3) is 0.188. The monoisotopic (exact) mass is 340 g/mol. The first-order valence-corrected chi connectivity index (χ1v) is 7.01. The molecule has 24 heavy (non-hydrogen) atoms. The summed E-state index contributed by atoms with van der Waals surface area (Å²) >= 11 is 0. The second-order valence-electron chi connectivity index (χ2n) is 4.61. The number of hydrogen-bond acceptors (Lipinski definition) is 3. The minimum atomic E-state index is -4.74. The minimum absolute atomic E-state index is 0.274. The molecule has 0 aliphatic heterocycles. The van der Waals surface area contributed by atoms with Gasteiger partial charge in [-0.3, -0.25) is 0 Å². The maximum absolute atomic E-state index is 12.0. The van der Waals surface area contributed by atoms with Gasteiger partial charge in [0.05, 0.1) is 6.54 Å². The summed E-state index contributed by atoms with van der Waals surface area (Å²) < 4.78 is 45.2. The molecule has 0 aromatic heterocycles. The predicted octanol–water partition coefficient (Wildman–Crippen LogP) is 3.79. The molecule has 5 nitrogen and oxygen atoms in total. The Morgan fingerprint density at radius 1 is 0.958 bits per heavy atom. The van der Waals surface area contributed by atoms with Gasteiger partial charge < -0.3 is 20.1 Å². The standard InChI is InChI=1S/C16H15F3N2O3/c17-16(18,19)24-14-8-6-12(7-9-14)21-15(22)20-10-11-23-13-4-2-1-3-5-13/h1-9H,10-11H2,(H2,20,21,22). The van der Waals surface area contributed by atoms with Crippen molar-refractivity contribution in [2.75, 3.05) is 18.5 Å². The average molecular weight is 340 g/mol. The minimum Gasteiger partial charge on any atom is -0.492 e.